The van der Waals surface area contributed by atoms with Crippen LogP contribution in [0.1, 0.15) is 49.0 Å². The van der Waals surface area contributed by atoms with Gasteiger partial charge in [0.05, 0.1) is 0 Å². The highest BCUT2D eigenvalue weighted by molar-refractivity contribution is 9.10. The molecule has 0 radical (unpaired) electrons. The third kappa shape index (κ3) is 2.86. The van der Waals surface area contributed by atoms with Gasteiger partial charge in [0.25, 0.3) is 5.91 Å². The van der Waals surface area contributed by atoms with Gasteiger partial charge >= 0.3 is 0 Å². The van der Waals surface area contributed by atoms with Gasteiger partial charge in [-0.05, 0) is 49.3 Å². The molecule has 19 heavy (non-hydrogen) atoms. The van der Waals surface area contributed by atoms with Crippen LogP contribution in [0.2, 0.25) is 0 Å². The van der Waals surface area contributed by atoms with Crippen molar-refractivity contribution >= 4 is 21.8 Å². The molecule has 1 aromatic rings. The molecule has 0 saturated carbocycles. The molecule has 0 atom stereocenters. The zero-order chi connectivity index (χ0) is 14.0. The fourth-order valence-electron chi connectivity index (χ4n) is 2.84. The van der Waals surface area contributed by atoms with Gasteiger partial charge in [0.15, 0.2) is 0 Å². The van der Waals surface area contributed by atoms with Gasteiger partial charge in [-0.3, -0.25) is 4.79 Å². The van der Waals surface area contributed by atoms with Gasteiger partial charge in [-0.15, -0.1) is 0 Å². The average molecular weight is 324 g/mol. The van der Waals surface area contributed by atoms with Crippen molar-refractivity contribution in [3.63, 3.8) is 0 Å². The number of aryl methyl sites for hydroxylation is 1. The largest absolute Gasteiger partial charge is 0.338 e. The van der Waals surface area contributed by atoms with E-state index >= 15 is 0 Å². The molecule has 1 aliphatic heterocycles. The Kier molecular flexibility index (Phi) is 4.34. The van der Waals surface area contributed by atoms with Crippen molar-refractivity contribution in [2.45, 2.75) is 40.0 Å². The second kappa shape index (κ2) is 5.66. The summed E-state index contributed by atoms with van der Waals surface area (Å²) in [6.07, 6.45) is 3.45. The van der Waals surface area contributed by atoms with Gasteiger partial charge in [-0.1, -0.05) is 35.8 Å². The smallest absolute Gasteiger partial charge is 0.253 e. The number of amides is 1. The average Bonchev–Trinajstić information content (AvgIpc) is 2.86. The van der Waals surface area contributed by atoms with E-state index in [2.05, 4.69) is 29.8 Å². The van der Waals surface area contributed by atoms with Gasteiger partial charge in [-0.25, -0.2) is 0 Å². The summed E-state index contributed by atoms with van der Waals surface area (Å²) >= 11 is 3.50. The van der Waals surface area contributed by atoms with Crippen LogP contribution in [-0.2, 0) is 0 Å². The van der Waals surface area contributed by atoms with E-state index in [-0.39, 0.29) is 5.91 Å². The Hall–Kier alpha value is -0.830. The van der Waals surface area contributed by atoms with E-state index in [1.165, 1.54) is 0 Å². The number of likely N-dealkylation sites (tertiary alicyclic amines) is 1. The van der Waals surface area contributed by atoms with Crippen LogP contribution in [0.15, 0.2) is 22.7 Å². The lowest BCUT2D eigenvalue weighted by molar-refractivity contribution is 0.0770. The van der Waals surface area contributed by atoms with Gasteiger partial charge in [0, 0.05) is 23.1 Å². The van der Waals surface area contributed by atoms with E-state index in [1.54, 1.807) is 0 Å². The van der Waals surface area contributed by atoms with E-state index < -0.39 is 0 Å². The molecule has 1 amide bonds. The fraction of sp³-hybridized carbons (Fsp3) is 0.562. The molecule has 0 bridgehead atoms. The Morgan fingerprint density at radius 3 is 2.58 bits per heavy atom. The standard InChI is InChI=1S/C16H22BrNO/c1-4-16(5-2)8-9-18(11-16)15(19)13-7-6-12(3)14(17)10-13/h6-7,10H,4-5,8-9,11H2,1-3H3. The van der Waals surface area contributed by atoms with Crippen LogP contribution < -0.4 is 0 Å². The highest BCUT2D eigenvalue weighted by Crippen LogP contribution is 2.37. The quantitative estimate of drug-likeness (QED) is 0.806. The summed E-state index contributed by atoms with van der Waals surface area (Å²) in [5, 5.41) is 0. The molecule has 1 heterocycles. The molecular formula is C16H22BrNO. The monoisotopic (exact) mass is 323 g/mol. The summed E-state index contributed by atoms with van der Waals surface area (Å²) in [5.74, 6) is 0.171. The fourth-order valence-corrected chi connectivity index (χ4v) is 3.22. The van der Waals surface area contributed by atoms with E-state index in [4.69, 9.17) is 0 Å². The van der Waals surface area contributed by atoms with Crippen molar-refractivity contribution in [3.8, 4) is 0 Å². The normalized spacial score (nSPS) is 17.8. The lowest BCUT2D eigenvalue weighted by Gasteiger charge is -2.26. The van der Waals surface area contributed by atoms with Crippen LogP contribution in [0, 0.1) is 12.3 Å². The van der Waals surface area contributed by atoms with Gasteiger partial charge < -0.3 is 4.90 Å². The number of hydrogen-bond donors (Lipinski definition) is 0. The van der Waals surface area contributed by atoms with Gasteiger partial charge in [0.2, 0.25) is 0 Å². The molecule has 1 fully saturated rings. The summed E-state index contributed by atoms with van der Waals surface area (Å²) in [5.41, 5.74) is 2.30. The van der Waals surface area contributed by atoms with Crippen molar-refractivity contribution in [1.29, 1.82) is 0 Å². The van der Waals surface area contributed by atoms with E-state index in [0.717, 1.165) is 48.0 Å². The molecule has 0 spiro atoms. The lowest BCUT2D eigenvalue weighted by atomic mass is 9.82. The van der Waals surface area contributed by atoms with Crippen LogP contribution in [0.4, 0.5) is 0 Å². The summed E-state index contributed by atoms with van der Waals surface area (Å²) in [6, 6.07) is 5.87. The number of halogens is 1. The number of nitrogens with zero attached hydrogens (tertiary/aromatic N) is 1. The molecule has 104 valence electrons. The van der Waals surface area contributed by atoms with Crippen LogP contribution in [0.25, 0.3) is 0 Å². The Bertz CT molecular complexity index is 480. The van der Waals surface area contributed by atoms with Gasteiger partial charge in [0.1, 0.15) is 0 Å². The number of carbonyl (C=O) groups excluding carboxylic acids is 1. The van der Waals surface area contributed by atoms with Crippen molar-refractivity contribution in [2.75, 3.05) is 13.1 Å². The molecule has 3 heteroatoms. The minimum absolute atomic E-state index is 0.171. The predicted molar refractivity (Wildman–Crippen MR) is 82.4 cm³/mol. The zero-order valence-corrected chi connectivity index (χ0v) is 13.6. The Morgan fingerprint density at radius 2 is 2.05 bits per heavy atom. The molecule has 0 aromatic heterocycles. The lowest BCUT2D eigenvalue weighted by Crippen LogP contribution is -2.31. The zero-order valence-electron chi connectivity index (χ0n) is 12.0. The molecule has 1 aromatic carbocycles. The highest BCUT2D eigenvalue weighted by atomic mass is 79.9. The molecule has 1 aliphatic rings. The molecule has 2 rings (SSSR count). The second-order valence-corrected chi connectivity index (χ2v) is 6.50. The Labute approximate surface area is 124 Å². The van der Waals surface area contributed by atoms with E-state index in [9.17, 15) is 4.79 Å². The van der Waals surface area contributed by atoms with Crippen LogP contribution in [-0.4, -0.2) is 23.9 Å². The first-order valence-corrected chi connectivity index (χ1v) is 7.86. The molecule has 1 saturated heterocycles. The van der Waals surface area contributed by atoms with Crippen LogP contribution in [0.3, 0.4) is 0 Å². The summed E-state index contributed by atoms with van der Waals surface area (Å²) in [7, 11) is 0. The maximum absolute atomic E-state index is 12.5. The molecular weight excluding hydrogens is 302 g/mol. The maximum atomic E-state index is 12.5. The summed E-state index contributed by atoms with van der Waals surface area (Å²) in [6.45, 7) is 8.31. The molecule has 2 nitrogen and oxygen atoms in total. The number of rotatable bonds is 3. The van der Waals surface area contributed by atoms with Gasteiger partial charge in [-0.2, -0.15) is 0 Å². The highest BCUT2D eigenvalue weighted by Gasteiger charge is 2.37. The van der Waals surface area contributed by atoms with Crippen LogP contribution in [0.5, 0.6) is 0 Å². The maximum Gasteiger partial charge on any atom is 0.253 e. The van der Waals surface area contributed by atoms with E-state index in [0.29, 0.717) is 5.41 Å². The minimum atomic E-state index is 0.171. The van der Waals surface area contributed by atoms with Crippen molar-refractivity contribution in [2.24, 2.45) is 5.41 Å². The third-order valence-electron chi connectivity index (χ3n) is 4.64. The minimum Gasteiger partial charge on any atom is -0.338 e. The van der Waals surface area contributed by atoms with Crippen molar-refractivity contribution in [3.05, 3.63) is 33.8 Å². The first kappa shape index (κ1) is 14.6. The first-order chi connectivity index (χ1) is 9.01. The first-order valence-electron chi connectivity index (χ1n) is 7.07. The van der Waals surface area contributed by atoms with Crippen molar-refractivity contribution < 1.29 is 4.79 Å². The SMILES string of the molecule is CCC1(CC)CCN(C(=O)c2ccc(C)c(Br)c2)C1. The Balaban J connectivity index is 2.15. The third-order valence-corrected chi connectivity index (χ3v) is 5.50. The Morgan fingerprint density at radius 1 is 1.37 bits per heavy atom. The molecule has 0 N–H and O–H groups in total. The number of carbonyl (C=O) groups is 1. The predicted octanol–water partition coefficient (Wildman–Crippen LogP) is 4.41. The van der Waals surface area contributed by atoms with Crippen LogP contribution >= 0.6 is 15.9 Å². The topological polar surface area (TPSA) is 20.3 Å². The number of benzene rings is 1. The summed E-state index contributed by atoms with van der Waals surface area (Å²) in [4.78, 5) is 14.6. The summed E-state index contributed by atoms with van der Waals surface area (Å²) < 4.78 is 1.01. The number of hydrogen-bond acceptors (Lipinski definition) is 1. The van der Waals surface area contributed by atoms with E-state index in [1.807, 2.05) is 30.0 Å². The molecule has 0 unspecified atom stereocenters. The second-order valence-electron chi connectivity index (χ2n) is 5.65. The molecule has 0 aliphatic carbocycles. The van der Waals surface area contributed by atoms with Crippen molar-refractivity contribution in [1.82, 2.24) is 4.90 Å².